The van der Waals surface area contributed by atoms with Crippen molar-refractivity contribution in [2.75, 3.05) is 19.5 Å². The lowest BCUT2D eigenvalue weighted by molar-refractivity contribution is 0.372. The summed E-state index contributed by atoms with van der Waals surface area (Å²) in [5.74, 6) is 1.47. The maximum Gasteiger partial charge on any atom is 0.229 e. The van der Waals surface area contributed by atoms with Gasteiger partial charge in [-0.15, -0.1) is 11.3 Å². The molecule has 1 N–H and O–H groups in total. The lowest BCUT2D eigenvalue weighted by Crippen LogP contribution is -2.11. The van der Waals surface area contributed by atoms with Gasteiger partial charge in [0.25, 0.3) is 0 Å². The van der Waals surface area contributed by atoms with Crippen molar-refractivity contribution in [3.8, 4) is 11.8 Å². The zero-order valence-electron chi connectivity index (χ0n) is 11.2. The van der Waals surface area contributed by atoms with Gasteiger partial charge in [0.15, 0.2) is 0 Å². The van der Waals surface area contributed by atoms with E-state index in [4.69, 9.17) is 9.47 Å². The molecule has 0 saturated heterocycles. The Morgan fingerprint density at radius 2 is 1.95 bits per heavy atom. The van der Waals surface area contributed by atoms with E-state index >= 15 is 0 Å². The molecule has 102 valence electrons. The standard InChI is InChI=1S/C13H17N3O2S/c1-4-9(10-6-5-7-19-10)14-13-15-11(17-2)8-12(16-13)18-3/h5-9H,4H2,1-3H3,(H,14,15,16). The zero-order valence-corrected chi connectivity index (χ0v) is 12.0. The van der Waals surface area contributed by atoms with Crippen molar-refractivity contribution in [1.29, 1.82) is 0 Å². The van der Waals surface area contributed by atoms with Crippen LogP contribution in [0.1, 0.15) is 24.3 Å². The highest BCUT2D eigenvalue weighted by Gasteiger charge is 2.13. The summed E-state index contributed by atoms with van der Waals surface area (Å²) in [6.07, 6.45) is 0.948. The molecule has 5 nitrogen and oxygen atoms in total. The van der Waals surface area contributed by atoms with Gasteiger partial charge in [0.1, 0.15) is 0 Å². The van der Waals surface area contributed by atoms with Crippen LogP contribution in [0.3, 0.4) is 0 Å². The number of nitrogens with one attached hydrogen (secondary N) is 1. The molecule has 2 aromatic rings. The largest absolute Gasteiger partial charge is 0.481 e. The average Bonchev–Trinajstić information content (AvgIpc) is 2.98. The van der Waals surface area contributed by atoms with E-state index in [1.165, 1.54) is 4.88 Å². The molecule has 1 atom stereocenters. The summed E-state index contributed by atoms with van der Waals surface area (Å²) in [7, 11) is 3.14. The minimum atomic E-state index is 0.191. The van der Waals surface area contributed by atoms with Crippen molar-refractivity contribution in [2.45, 2.75) is 19.4 Å². The van der Waals surface area contributed by atoms with Crippen molar-refractivity contribution < 1.29 is 9.47 Å². The molecular formula is C13H17N3O2S. The monoisotopic (exact) mass is 279 g/mol. The molecule has 6 heteroatoms. The minimum Gasteiger partial charge on any atom is -0.481 e. The first-order valence-electron chi connectivity index (χ1n) is 6.03. The molecule has 19 heavy (non-hydrogen) atoms. The normalized spacial score (nSPS) is 11.9. The first-order chi connectivity index (χ1) is 9.26. The number of hydrogen-bond donors (Lipinski definition) is 1. The van der Waals surface area contributed by atoms with E-state index in [0.29, 0.717) is 17.7 Å². The molecule has 0 fully saturated rings. The van der Waals surface area contributed by atoms with Crippen LogP contribution >= 0.6 is 11.3 Å². The Morgan fingerprint density at radius 3 is 2.42 bits per heavy atom. The first kappa shape index (κ1) is 13.6. The van der Waals surface area contributed by atoms with Crippen LogP contribution in [0.4, 0.5) is 5.95 Å². The molecule has 0 aliphatic heterocycles. The van der Waals surface area contributed by atoms with Gasteiger partial charge in [-0.2, -0.15) is 9.97 Å². The highest BCUT2D eigenvalue weighted by atomic mass is 32.1. The molecule has 0 saturated carbocycles. The molecule has 2 rings (SSSR count). The number of nitrogens with zero attached hydrogens (tertiary/aromatic N) is 2. The van der Waals surface area contributed by atoms with E-state index in [9.17, 15) is 0 Å². The van der Waals surface area contributed by atoms with Gasteiger partial charge < -0.3 is 14.8 Å². The van der Waals surface area contributed by atoms with Crippen LogP contribution in [0.25, 0.3) is 0 Å². The summed E-state index contributed by atoms with van der Waals surface area (Å²) in [5, 5.41) is 5.37. The second-order valence-corrected chi connectivity index (χ2v) is 4.88. The first-order valence-corrected chi connectivity index (χ1v) is 6.91. The highest BCUT2D eigenvalue weighted by molar-refractivity contribution is 7.10. The van der Waals surface area contributed by atoms with Gasteiger partial charge in [0.2, 0.25) is 17.7 Å². The minimum absolute atomic E-state index is 0.191. The molecule has 1 unspecified atom stereocenters. The van der Waals surface area contributed by atoms with Gasteiger partial charge in [-0.25, -0.2) is 0 Å². The van der Waals surface area contributed by atoms with Gasteiger partial charge in [-0.3, -0.25) is 0 Å². The van der Waals surface area contributed by atoms with Gasteiger partial charge >= 0.3 is 0 Å². The van der Waals surface area contributed by atoms with Crippen molar-refractivity contribution in [3.63, 3.8) is 0 Å². The summed E-state index contributed by atoms with van der Waals surface area (Å²) >= 11 is 1.71. The summed E-state index contributed by atoms with van der Waals surface area (Å²) in [5.41, 5.74) is 0. The Morgan fingerprint density at radius 1 is 1.26 bits per heavy atom. The number of hydrogen-bond acceptors (Lipinski definition) is 6. The van der Waals surface area contributed by atoms with Crippen LogP contribution in [0.2, 0.25) is 0 Å². The molecule has 0 spiro atoms. The van der Waals surface area contributed by atoms with Gasteiger partial charge in [0, 0.05) is 4.88 Å². The lowest BCUT2D eigenvalue weighted by Gasteiger charge is -2.16. The van der Waals surface area contributed by atoms with E-state index in [0.717, 1.165) is 6.42 Å². The fourth-order valence-electron chi connectivity index (χ4n) is 1.70. The second-order valence-electron chi connectivity index (χ2n) is 3.90. The Balaban J connectivity index is 2.21. The maximum absolute atomic E-state index is 5.13. The average molecular weight is 279 g/mol. The van der Waals surface area contributed by atoms with E-state index in [-0.39, 0.29) is 6.04 Å². The summed E-state index contributed by atoms with van der Waals surface area (Å²) in [4.78, 5) is 9.81. The highest BCUT2D eigenvalue weighted by Crippen LogP contribution is 2.26. The Hall–Kier alpha value is -1.82. The molecule has 2 heterocycles. The number of anilines is 1. The van der Waals surface area contributed by atoms with E-state index < -0.39 is 0 Å². The maximum atomic E-state index is 5.13. The van der Waals surface area contributed by atoms with Crippen molar-refractivity contribution in [2.24, 2.45) is 0 Å². The molecule has 0 radical (unpaired) electrons. The number of thiophene rings is 1. The Labute approximate surface area is 116 Å². The molecule has 0 bridgehead atoms. The summed E-state index contributed by atoms with van der Waals surface area (Å²) < 4.78 is 10.3. The van der Waals surface area contributed by atoms with Crippen LogP contribution in [0.15, 0.2) is 23.6 Å². The fraction of sp³-hybridized carbons (Fsp3) is 0.385. The Kier molecular flexibility index (Phi) is 4.57. The molecule has 2 aromatic heterocycles. The smallest absolute Gasteiger partial charge is 0.229 e. The fourth-order valence-corrected chi connectivity index (χ4v) is 2.56. The van der Waals surface area contributed by atoms with Crippen molar-refractivity contribution >= 4 is 17.3 Å². The van der Waals surface area contributed by atoms with Gasteiger partial charge in [-0.05, 0) is 17.9 Å². The van der Waals surface area contributed by atoms with Crippen molar-refractivity contribution in [1.82, 2.24) is 9.97 Å². The number of rotatable bonds is 6. The van der Waals surface area contributed by atoms with Crippen LogP contribution in [0.5, 0.6) is 11.8 Å². The van der Waals surface area contributed by atoms with Crippen LogP contribution in [0, 0.1) is 0 Å². The molecule has 0 amide bonds. The predicted octanol–water partition coefficient (Wildman–Crippen LogP) is 3.12. The lowest BCUT2D eigenvalue weighted by atomic mass is 10.2. The zero-order chi connectivity index (χ0) is 13.7. The van der Waals surface area contributed by atoms with Gasteiger partial charge in [-0.1, -0.05) is 13.0 Å². The van der Waals surface area contributed by atoms with Crippen molar-refractivity contribution in [3.05, 3.63) is 28.5 Å². The SMILES string of the molecule is CCC(Nc1nc(OC)cc(OC)n1)c1cccs1. The van der Waals surface area contributed by atoms with Gasteiger partial charge in [0.05, 0.1) is 26.3 Å². The predicted molar refractivity (Wildman–Crippen MR) is 76.1 cm³/mol. The molecule has 0 aliphatic carbocycles. The number of methoxy groups -OCH3 is 2. The third kappa shape index (κ3) is 3.35. The molecule has 0 aromatic carbocycles. The topological polar surface area (TPSA) is 56.3 Å². The number of aromatic nitrogens is 2. The van der Waals surface area contributed by atoms with Crippen LogP contribution < -0.4 is 14.8 Å². The summed E-state index contributed by atoms with van der Waals surface area (Å²) in [6, 6.07) is 5.98. The van der Waals surface area contributed by atoms with E-state index in [1.807, 2.05) is 6.07 Å². The van der Waals surface area contributed by atoms with E-state index in [2.05, 4.69) is 33.7 Å². The molecular weight excluding hydrogens is 262 g/mol. The second kappa shape index (κ2) is 6.38. The Bertz CT molecular complexity index is 494. The third-order valence-corrected chi connectivity index (χ3v) is 3.68. The van der Waals surface area contributed by atoms with E-state index in [1.54, 1.807) is 31.6 Å². The third-order valence-electron chi connectivity index (χ3n) is 2.70. The van der Waals surface area contributed by atoms with Crippen LogP contribution in [-0.4, -0.2) is 24.2 Å². The van der Waals surface area contributed by atoms with Crippen LogP contribution in [-0.2, 0) is 0 Å². The summed E-state index contributed by atoms with van der Waals surface area (Å²) in [6.45, 7) is 2.12. The quantitative estimate of drug-likeness (QED) is 0.880. The number of ether oxygens (including phenoxy) is 2. The molecule has 0 aliphatic rings.